The number of thiazole rings is 1. The molecule has 144 valence electrons. The molecule has 0 unspecified atom stereocenters. The number of hydrogen-bond donors (Lipinski definition) is 2. The van der Waals surface area contributed by atoms with E-state index in [4.69, 9.17) is 4.74 Å². The number of nitrogens with zero attached hydrogens (tertiary/aromatic N) is 1. The third-order valence-electron chi connectivity index (χ3n) is 3.62. The summed E-state index contributed by atoms with van der Waals surface area (Å²) >= 11 is 1.32. The molecule has 1 aromatic carbocycles. The van der Waals surface area contributed by atoms with E-state index >= 15 is 0 Å². The zero-order valence-corrected chi connectivity index (χ0v) is 16.4. The van der Waals surface area contributed by atoms with Gasteiger partial charge in [0.05, 0.1) is 0 Å². The molecular weight excluding hydrogens is 366 g/mol. The van der Waals surface area contributed by atoms with E-state index in [9.17, 15) is 14.4 Å². The van der Waals surface area contributed by atoms with Crippen molar-refractivity contribution in [2.24, 2.45) is 5.92 Å². The van der Waals surface area contributed by atoms with Gasteiger partial charge in [-0.2, -0.15) is 0 Å². The van der Waals surface area contributed by atoms with E-state index in [2.05, 4.69) is 29.5 Å². The third kappa shape index (κ3) is 6.82. The lowest BCUT2D eigenvalue weighted by atomic mass is 10.1. The van der Waals surface area contributed by atoms with E-state index in [1.807, 2.05) is 0 Å². The number of rotatable bonds is 9. The number of aromatic nitrogens is 1. The Morgan fingerprint density at radius 1 is 1.19 bits per heavy atom. The van der Waals surface area contributed by atoms with Crippen LogP contribution < -0.4 is 10.6 Å². The topological polar surface area (TPSA) is 97.4 Å². The number of esters is 1. The SMILES string of the molecule is CC(=O)c1ccc(NC(=O)COC(=O)c2csc(NCCC(C)C)n2)cc1. The second-order valence-corrected chi connectivity index (χ2v) is 7.26. The second kappa shape index (κ2) is 9.82. The highest BCUT2D eigenvalue weighted by Crippen LogP contribution is 2.16. The molecule has 0 aliphatic heterocycles. The molecule has 0 atom stereocenters. The number of hydrogen-bond acceptors (Lipinski definition) is 7. The van der Waals surface area contributed by atoms with Crippen molar-refractivity contribution in [3.63, 3.8) is 0 Å². The van der Waals surface area contributed by atoms with Gasteiger partial charge in [-0.1, -0.05) is 13.8 Å². The smallest absolute Gasteiger partial charge is 0.358 e. The van der Waals surface area contributed by atoms with Crippen molar-refractivity contribution in [3.05, 3.63) is 40.9 Å². The maximum atomic E-state index is 12.0. The molecule has 2 N–H and O–H groups in total. The zero-order valence-electron chi connectivity index (χ0n) is 15.6. The Morgan fingerprint density at radius 2 is 1.89 bits per heavy atom. The average molecular weight is 389 g/mol. The van der Waals surface area contributed by atoms with Crippen molar-refractivity contribution in [3.8, 4) is 0 Å². The highest BCUT2D eigenvalue weighted by atomic mass is 32.1. The van der Waals surface area contributed by atoms with Gasteiger partial charge in [-0.05, 0) is 43.5 Å². The lowest BCUT2D eigenvalue weighted by Crippen LogP contribution is -2.21. The number of amides is 1. The Labute approximate surface area is 162 Å². The third-order valence-corrected chi connectivity index (χ3v) is 4.42. The van der Waals surface area contributed by atoms with Gasteiger partial charge in [-0.25, -0.2) is 9.78 Å². The first-order valence-corrected chi connectivity index (χ1v) is 9.50. The monoisotopic (exact) mass is 389 g/mol. The van der Waals surface area contributed by atoms with E-state index in [1.54, 1.807) is 29.6 Å². The van der Waals surface area contributed by atoms with Gasteiger partial charge in [-0.3, -0.25) is 9.59 Å². The van der Waals surface area contributed by atoms with E-state index in [-0.39, 0.29) is 11.5 Å². The fourth-order valence-corrected chi connectivity index (χ4v) is 2.82. The van der Waals surface area contributed by atoms with Crippen LogP contribution in [0.15, 0.2) is 29.6 Å². The Bertz CT molecular complexity index is 800. The molecule has 1 heterocycles. The minimum Gasteiger partial charge on any atom is -0.451 e. The Morgan fingerprint density at radius 3 is 2.52 bits per heavy atom. The van der Waals surface area contributed by atoms with Gasteiger partial charge in [-0.15, -0.1) is 11.3 Å². The fraction of sp³-hybridized carbons (Fsp3) is 0.368. The van der Waals surface area contributed by atoms with Crippen LogP contribution in [0.25, 0.3) is 0 Å². The van der Waals surface area contributed by atoms with Crippen molar-refractivity contribution >= 4 is 39.8 Å². The molecule has 0 aliphatic rings. The van der Waals surface area contributed by atoms with Crippen LogP contribution in [0.4, 0.5) is 10.8 Å². The maximum absolute atomic E-state index is 12.0. The number of carbonyl (C=O) groups excluding carboxylic acids is 3. The van der Waals surface area contributed by atoms with Crippen LogP contribution >= 0.6 is 11.3 Å². The van der Waals surface area contributed by atoms with E-state index in [1.165, 1.54) is 18.3 Å². The summed E-state index contributed by atoms with van der Waals surface area (Å²) < 4.78 is 4.99. The second-order valence-electron chi connectivity index (χ2n) is 6.41. The van der Waals surface area contributed by atoms with Crippen LogP contribution in [-0.4, -0.2) is 35.8 Å². The lowest BCUT2D eigenvalue weighted by Gasteiger charge is -2.06. The van der Waals surface area contributed by atoms with Gasteiger partial charge < -0.3 is 15.4 Å². The summed E-state index contributed by atoms with van der Waals surface area (Å²) in [6.45, 7) is 6.10. The van der Waals surface area contributed by atoms with Crippen molar-refractivity contribution < 1.29 is 19.1 Å². The molecule has 0 saturated heterocycles. The molecule has 0 radical (unpaired) electrons. The molecule has 2 rings (SSSR count). The van der Waals surface area contributed by atoms with Gasteiger partial charge in [0, 0.05) is 23.2 Å². The molecule has 27 heavy (non-hydrogen) atoms. The number of nitrogens with one attached hydrogen (secondary N) is 2. The summed E-state index contributed by atoms with van der Waals surface area (Å²) in [5.74, 6) is -0.586. The van der Waals surface area contributed by atoms with E-state index in [0.717, 1.165) is 13.0 Å². The summed E-state index contributed by atoms with van der Waals surface area (Å²) in [6.07, 6.45) is 1.01. The maximum Gasteiger partial charge on any atom is 0.358 e. The van der Waals surface area contributed by atoms with Gasteiger partial charge >= 0.3 is 5.97 Å². The zero-order chi connectivity index (χ0) is 19.8. The molecule has 2 aromatic rings. The summed E-state index contributed by atoms with van der Waals surface area (Å²) in [5.41, 5.74) is 1.25. The van der Waals surface area contributed by atoms with Gasteiger partial charge in [0.25, 0.3) is 5.91 Å². The lowest BCUT2D eigenvalue weighted by molar-refractivity contribution is -0.119. The first-order chi connectivity index (χ1) is 12.8. The van der Waals surface area contributed by atoms with Crippen LogP contribution in [-0.2, 0) is 9.53 Å². The Hall–Kier alpha value is -2.74. The van der Waals surface area contributed by atoms with Gasteiger partial charge in [0.2, 0.25) is 0 Å². The molecular formula is C19H23N3O4S. The van der Waals surface area contributed by atoms with Crippen molar-refractivity contribution in [1.29, 1.82) is 0 Å². The number of anilines is 2. The van der Waals surface area contributed by atoms with Crippen LogP contribution in [0, 0.1) is 5.92 Å². The minimum absolute atomic E-state index is 0.0527. The average Bonchev–Trinajstić information content (AvgIpc) is 3.09. The summed E-state index contributed by atoms with van der Waals surface area (Å²) in [7, 11) is 0. The highest BCUT2D eigenvalue weighted by Gasteiger charge is 2.14. The molecule has 0 saturated carbocycles. The number of benzene rings is 1. The van der Waals surface area contributed by atoms with Gasteiger partial charge in [0.1, 0.15) is 0 Å². The van der Waals surface area contributed by atoms with Crippen molar-refractivity contribution in [2.45, 2.75) is 27.2 Å². The first kappa shape index (κ1) is 20.6. The number of carbonyl (C=O) groups is 3. The number of ether oxygens (including phenoxy) is 1. The molecule has 7 nitrogen and oxygen atoms in total. The number of ketones is 1. The molecule has 0 fully saturated rings. The molecule has 8 heteroatoms. The summed E-state index contributed by atoms with van der Waals surface area (Å²) in [5, 5.41) is 8.00. The van der Waals surface area contributed by atoms with Gasteiger partial charge in [0.15, 0.2) is 23.2 Å². The molecule has 0 bridgehead atoms. The van der Waals surface area contributed by atoms with Crippen LogP contribution in [0.3, 0.4) is 0 Å². The standard InChI is InChI=1S/C19H23N3O4S/c1-12(2)8-9-20-19-22-16(11-27-19)18(25)26-10-17(24)21-15-6-4-14(5-7-15)13(3)23/h4-7,11-12H,8-10H2,1-3H3,(H,20,22)(H,21,24). The first-order valence-electron chi connectivity index (χ1n) is 8.62. The highest BCUT2D eigenvalue weighted by molar-refractivity contribution is 7.13. The quantitative estimate of drug-likeness (QED) is 0.502. The van der Waals surface area contributed by atoms with Crippen LogP contribution in [0.5, 0.6) is 0 Å². The van der Waals surface area contributed by atoms with Crippen LogP contribution in [0.1, 0.15) is 48.0 Å². The fourth-order valence-electron chi connectivity index (χ4n) is 2.11. The van der Waals surface area contributed by atoms with Crippen molar-refractivity contribution in [1.82, 2.24) is 4.98 Å². The molecule has 1 aromatic heterocycles. The number of Topliss-reactive ketones (excluding diaryl/α,β-unsaturated/α-hetero) is 1. The molecule has 1 amide bonds. The summed E-state index contributed by atoms with van der Waals surface area (Å²) in [6, 6.07) is 6.47. The van der Waals surface area contributed by atoms with E-state index in [0.29, 0.717) is 22.3 Å². The van der Waals surface area contributed by atoms with E-state index < -0.39 is 18.5 Å². The van der Waals surface area contributed by atoms with Crippen LogP contribution in [0.2, 0.25) is 0 Å². The predicted octanol–water partition coefficient (Wildman–Crippen LogP) is 3.60. The molecule has 0 aliphatic carbocycles. The predicted molar refractivity (Wildman–Crippen MR) is 105 cm³/mol. The summed E-state index contributed by atoms with van der Waals surface area (Å²) in [4.78, 5) is 39.3. The molecule has 0 spiro atoms. The van der Waals surface area contributed by atoms with Crippen molar-refractivity contribution in [2.75, 3.05) is 23.8 Å². The minimum atomic E-state index is -0.648. The largest absolute Gasteiger partial charge is 0.451 e. The Balaban J connectivity index is 1.78. The normalized spacial score (nSPS) is 10.5. The Kier molecular flexibility index (Phi) is 7.48.